The summed E-state index contributed by atoms with van der Waals surface area (Å²) < 4.78 is 12.1. The highest BCUT2D eigenvalue weighted by Gasteiger charge is 2.73. The predicted molar refractivity (Wildman–Crippen MR) is 137 cm³/mol. The first kappa shape index (κ1) is 22.2. The number of phenols is 1. The number of fused-ring (bicyclic) bond motifs is 3. The molecule has 5 aliphatic rings. The highest BCUT2D eigenvalue weighted by molar-refractivity contribution is 5.90. The van der Waals surface area contributed by atoms with E-state index in [1.54, 1.807) is 11.0 Å². The summed E-state index contributed by atoms with van der Waals surface area (Å²) in [6, 6.07) is 19.3. The van der Waals surface area contributed by atoms with E-state index in [0.29, 0.717) is 25.1 Å². The van der Waals surface area contributed by atoms with Gasteiger partial charge in [-0.25, -0.2) is 4.79 Å². The van der Waals surface area contributed by atoms with Gasteiger partial charge in [0.25, 0.3) is 0 Å². The summed E-state index contributed by atoms with van der Waals surface area (Å²) in [6.07, 6.45) is -0.106. The van der Waals surface area contributed by atoms with Gasteiger partial charge in [0.15, 0.2) is 23.4 Å². The summed E-state index contributed by atoms with van der Waals surface area (Å²) in [5, 5.41) is 22.8. The van der Waals surface area contributed by atoms with E-state index >= 15 is 0 Å². The minimum Gasteiger partial charge on any atom is -0.504 e. The van der Waals surface area contributed by atoms with Crippen LogP contribution in [-0.2, 0) is 21.4 Å². The van der Waals surface area contributed by atoms with Gasteiger partial charge in [-0.1, -0.05) is 54.6 Å². The lowest BCUT2D eigenvalue weighted by atomic mass is 9.49. The van der Waals surface area contributed by atoms with Crippen LogP contribution in [0.1, 0.15) is 47.4 Å². The average molecular weight is 510 g/mol. The molecule has 192 valence electrons. The molecule has 0 unspecified atom stereocenters. The number of ether oxygens (including phenoxy) is 2. The monoisotopic (exact) mass is 509 g/mol. The first-order valence-corrected chi connectivity index (χ1v) is 13.3. The van der Waals surface area contributed by atoms with Crippen LogP contribution in [0.3, 0.4) is 0 Å². The molecule has 1 spiro atoms. The number of piperidine rings is 1. The number of rotatable bonds is 2. The third-order valence-corrected chi connectivity index (χ3v) is 9.83. The topological polar surface area (TPSA) is 96.3 Å². The molecule has 1 saturated carbocycles. The second kappa shape index (κ2) is 7.38. The van der Waals surface area contributed by atoms with Crippen LogP contribution in [0.25, 0.3) is 11.1 Å². The van der Waals surface area contributed by atoms with E-state index < -0.39 is 29.3 Å². The van der Waals surface area contributed by atoms with Gasteiger partial charge < -0.3 is 24.6 Å². The van der Waals surface area contributed by atoms with Gasteiger partial charge in [-0.3, -0.25) is 4.79 Å². The van der Waals surface area contributed by atoms with E-state index in [2.05, 4.69) is 24.3 Å². The number of benzene rings is 3. The molecule has 2 heterocycles. The molecule has 4 atom stereocenters. The Balaban J connectivity index is 1.13. The Bertz CT molecular complexity index is 1500. The third-order valence-electron chi connectivity index (χ3n) is 9.83. The zero-order valence-corrected chi connectivity index (χ0v) is 20.7. The molecule has 1 amide bonds. The quantitative estimate of drug-likeness (QED) is 0.541. The van der Waals surface area contributed by atoms with Crippen molar-refractivity contribution in [3.63, 3.8) is 0 Å². The van der Waals surface area contributed by atoms with Crippen molar-refractivity contribution < 1.29 is 29.3 Å². The average Bonchev–Trinajstić information content (AvgIpc) is 3.44. The number of phenolic OH excluding ortho intramolecular Hbond substituents is 1. The first-order chi connectivity index (χ1) is 18.4. The number of hydrogen-bond acceptors (Lipinski definition) is 6. The van der Waals surface area contributed by atoms with Gasteiger partial charge in [0, 0.05) is 24.4 Å². The SMILES string of the molecule is O=C1CC[C@@]2(O)[C@H]3Cc4ccc(O)c5c4[C@@]2(CCN3C(=O)OCC2c3ccccc3-c3ccccc32)[C@H]1O5. The Morgan fingerprint density at radius 2 is 1.74 bits per heavy atom. The summed E-state index contributed by atoms with van der Waals surface area (Å²) in [5.41, 5.74) is 3.97. The maximum absolute atomic E-state index is 13.7. The molecule has 8 rings (SSSR count). The Morgan fingerprint density at radius 3 is 2.47 bits per heavy atom. The fraction of sp³-hybridized carbons (Fsp3) is 0.355. The van der Waals surface area contributed by atoms with Crippen molar-refractivity contribution in [2.24, 2.45) is 0 Å². The lowest BCUT2D eigenvalue weighted by Gasteiger charge is -2.61. The van der Waals surface area contributed by atoms with Crippen molar-refractivity contribution in [3.05, 3.63) is 82.9 Å². The molecular formula is C31H27NO6. The van der Waals surface area contributed by atoms with Crippen LogP contribution in [-0.4, -0.2) is 57.9 Å². The molecule has 0 radical (unpaired) electrons. The summed E-state index contributed by atoms with van der Waals surface area (Å²) in [4.78, 5) is 28.4. The number of hydrogen-bond donors (Lipinski definition) is 2. The standard InChI is InChI=1S/C31H27NO6/c33-23-10-9-17-15-25-31(36)12-11-24(34)28-30(31,26(17)27(23)38-28)13-14-32(25)29(35)37-16-22-20-7-3-1-5-18(20)19-6-2-4-8-21(19)22/h1-10,22,25,28,33,36H,11-16H2/t25-,28+,30+,31-/m1/s1. The van der Waals surface area contributed by atoms with Crippen LogP contribution in [0.4, 0.5) is 4.79 Å². The number of aromatic hydroxyl groups is 1. The molecule has 1 saturated heterocycles. The molecule has 7 heteroatoms. The zero-order valence-electron chi connectivity index (χ0n) is 20.7. The lowest BCUT2D eigenvalue weighted by Crippen LogP contribution is -2.77. The molecule has 2 aliphatic heterocycles. The van der Waals surface area contributed by atoms with Crippen molar-refractivity contribution in [3.8, 4) is 22.6 Å². The summed E-state index contributed by atoms with van der Waals surface area (Å²) in [5.74, 6) is 0.184. The van der Waals surface area contributed by atoms with Gasteiger partial charge in [0.05, 0.1) is 17.1 Å². The van der Waals surface area contributed by atoms with Crippen molar-refractivity contribution in [1.82, 2.24) is 4.90 Å². The van der Waals surface area contributed by atoms with Gasteiger partial charge in [0.2, 0.25) is 0 Å². The molecule has 3 aromatic carbocycles. The van der Waals surface area contributed by atoms with Crippen LogP contribution in [0.2, 0.25) is 0 Å². The van der Waals surface area contributed by atoms with E-state index in [4.69, 9.17) is 9.47 Å². The van der Waals surface area contributed by atoms with E-state index in [1.807, 2.05) is 30.3 Å². The Kier molecular flexibility index (Phi) is 4.31. The van der Waals surface area contributed by atoms with E-state index in [1.165, 1.54) is 11.1 Å². The molecule has 2 bridgehead atoms. The van der Waals surface area contributed by atoms with Gasteiger partial charge in [-0.15, -0.1) is 0 Å². The molecule has 7 nitrogen and oxygen atoms in total. The van der Waals surface area contributed by atoms with E-state index in [9.17, 15) is 19.8 Å². The number of likely N-dealkylation sites (tertiary alicyclic amines) is 1. The molecule has 3 aliphatic carbocycles. The largest absolute Gasteiger partial charge is 0.504 e. The predicted octanol–water partition coefficient (Wildman–Crippen LogP) is 4.06. The maximum atomic E-state index is 13.7. The number of Topliss-reactive ketones (excluding diaryl/α,β-unsaturated/α-hetero) is 1. The molecule has 2 N–H and O–H groups in total. The molecule has 2 fully saturated rings. The van der Waals surface area contributed by atoms with Gasteiger partial charge in [-0.2, -0.15) is 0 Å². The Labute approximate surface area is 219 Å². The van der Waals surface area contributed by atoms with Crippen LogP contribution >= 0.6 is 0 Å². The normalized spacial score (nSPS) is 29.8. The lowest BCUT2D eigenvalue weighted by molar-refractivity contribution is -0.183. The Hall–Kier alpha value is -3.84. The minimum atomic E-state index is -1.35. The second-order valence-corrected chi connectivity index (χ2v) is 11.3. The maximum Gasteiger partial charge on any atom is 0.410 e. The van der Waals surface area contributed by atoms with E-state index in [-0.39, 0.29) is 36.9 Å². The number of ketones is 1. The van der Waals surface area contributed by atoms with Crippen LogP contribution in [0, 0.1) is 0 Å². The molecular weight excluding hydrogens is 482 g/mol. The fourth-order valence-electron chi connectivity index (χ4n) is 8.22. The number of amides is 1. The number of carbonyl (C=O) groups excluding carboxylic acids is 2. The van der Waals surface area contributed by atoms with Crippen LogP contribution in [0.5, 0.6) is 11.5 Å². The number of aliphatic hydroxyl groups is 1. The minimum absolute atomic E-state index is 0.0138. The number of carbonyl (C=O) groups is 2. The van der Waals surface area contributed by atoms with Crippen LogP contribution < -0.4 is 4.74 Å². The fourth-order valence-corrected chi connectivity index (χ4v) is 8.22. The van der Waals surface area contributed by atoms with Crippen molar-refractivity contribution in [2.45, 2.75) is 54.8 Å². The highest BCUT2D eigenvalue weighted by Crippen LogP contribution is 2.64. The summed E-state index contributed by atoms with van der Waals surface area (Å²) in [6.45, 7) is 0.545. The number of nitrogens with zero attached hydrogens (tertiary/aromatic N) is 1. The molecule has 38 heavy (non-hydrogen) atoms. The van der Waals surface area contributed by atoms with E-state index in [0.717, 1.165) is 22.3 Å². The smallest absolute Gasteiger partial charge is 0.410 e. The summed E-state index contributed by atoms with van der Waals surface area (Å²) in [7, 11) is 0. The Morgan fingerprint density at radius 1 is 1.03 bits per heavy atom. The molecule has 0 aromatic heterocycles. The van der Waals surface area contributed by atoms with Crippen molar-refractivity contribution in [1.29, 1.82) is 0 Å². The van der Waals surface area contributed by atoms with Crippen molar-refractivity contribution in [2.75, 3.05) is 13.2 Å². The van der Waals surface area contributed by atoms with Gasteiger partial charge in [-0.05, 0) is 53.1 Å². The summed E-state index contributed by atoms with van der Waals surface area (Å²) >= 11 is 0. The second-order valence-electron chi connectivity index (χ2n) is 11.3. The highest BCUT2D eigenvalue weighted by atomic mass is 16.6. The zero-order chi connectivity index (χ0) is 25.8. The first-order valence-electron chi connectivity index (χ1n) is 13.3. The van der Waals surface area contributed by atoms with Gasteiger partial charge >= 0.3 is 6.09 Å². The van der Waals surface area contributed by atoms with Gasteiger partial charge in [0.1, 0.15) is 6.61 Å². The van der Waals surface area contributed by atoms with Crippen molar-refractivity contribution >= 4 is 11.9 Å². The molecule has 3 aromatic rings. The van der Waals surface area contributed by atoms with Crippen LogP contribution in [0.15, 0.2) is 60.7 Å². The third kappa shape index (κ3) is 2.53.